The van der Waals surface area contributed by atoms with E-state index in [0.717, 1.165) is 15.8 Å². The van der Waals surface area contributed by atoms with Gasteiger partial charge in [0.2, 0.25) is 0 Å². The van der Waals surface area contributed by atoms with Crippen molar-refractivity contribution in [3.63, 3.8) is 0 Å². The summed E-state index contributed by atoms with van der Waals surface area (Å²) >= 11 is 1.28. The lowest BCUT2D eigenvalue weighted by molar-refractivity contribution is -0.141. The normalized spacial score (nSPS) is 12.0. The summed E-state index contributed by atoms with van der Waals surface area (Å²) in [4.78, 5) is 25.6. The van der Waals surface area contributed by atoms with Crippen LogP contribution in [-0.4, -0.2) is 13.9 Å². The summed E-state index contributed by atoms with van der Waals surface area (Å²) in [5.74, 6) is 0. The zero-order chi connectivity index (χ0) is 16.8. The van der Waals surface area contributed by atoms with Gasteiger partial charge in [-0.3, -0.25) is 4.79 Å². The number of hydrogen-bond acceptors (Lipinski definition) is 4. The van der Waals surface area contributed by atoms with Crippen LogP contribution < -0.4 is 11.2 Å². The van der Waals surface area contributed by atoms with Gasteiger partial charge < -0.3 is 4.98 Å². The van der Waals surface area contributed by atoms with E-state index in [-0.39, 0.29) is 5.69 Å². The third-order valence-electron chi connectivity index (χ3n) is 3.36. The number of benzene rings is 1. The van der Waals surface area contributed by atoms with Crippen LogP contribution in [0.5, 0.6) is 0 Å². The highest BCUT2D eigenvalue weighted by Crippen LogP contribution is 2.27. The minimum absolute atomic E-state index is 0.201. The predicted molar refractivity (Wildman–Crippen MR) is 80.2 cm³/mol. The van der Waals surface area contributed by atoms with Crippen molar-refractivity contribution in [2.45, 2.75) is 19.5 Å². The Morgan fingerprint density at radius 2 is 2.00 bits per heavy atom. The molecule has 0 aliphatic carbocycles. The fraction of sp³-hybridized carbons (Fsp3) is 0.214. The molecule has 0 aliphatic rings. The molecule has 3 aromatic rings. The van der Waals surface area contributed by atoms with E-state index in [1.807, 2.05) is 6.92 Å². The number of aromatic amines is 1. The molecule has 2 aromatic heterocycles. The molecule has 0 atom stereocenters. The van der Waals surface area contributed by atoms with Crippen LogP contribution in [0.3, 0.4) is 0 Å². The van der Waals surface area contributed by atoms with E-state index in [0.29, 0.717) is 17.1 Å². The number of fused-ring (bicyclic) bond motifs is 1. The molecule has 23 heavy (non-hydrogen) atoms. The lowest BCUT2D eigenvalue weighted by Gasteiger charge is -2.09. The second kappa shape index (κ2) is 5.34. The van der Waals surface area contributed by atoms with Gasteiger partial charge in [-0.1, -0.05) is 6.92 Å². The fourth-order valence-electron chi connectivity index (χ4n) is 2.26. The Labute approximate surface area is 131 Å². The number of hydrogen-bond donors (Lipinski definition) is 1. The van der Waals surface area contributed by atoms with Crippen molar-refractivity contribution in [1.82, 2.24) is 13.9 Å². The van der Waals surface area contributed by atoms with Gasteiger partial charge in [0.15, 0.2) is 0 Å². The molecule has 3 rings (SSSR count). The molecule has 9 heteroatoms. The van der Waals surface area contributed by atoms with Crippen molar-refractivity contribution >= 4 is 21.6 Å². The van der Waals surface area contributed by atoms with Crippen LogP contribution in [0, 0.1) is 0 Å². The number of alkyl halides is 3. The predicted octanol–water partition coefficient (Wildman–Crippen LogP) is 2.72. The van der Waals surface area contributed by atoms with E-state index in [9.17, 15) is 22.8 Å². The number of rotatable bonds is 2. The summed E-state index contributed by atoms with van der Waals surface area (Å²) in [6, 6.07) is 5.15. The second-order valence-corrected chi connectivity index (χ2v) is 5.63. The minimum Gasteiger partial charge on any atom is -0.303 e. The van der Waals surface area contributed by atoms with Crippen molar-refractivity contribution in [1.29, 1.82) is 0 Å². The van der Waals surface area contributed by atoms with Crippen LogP contribution in [0.1, 0.15) is 18.3 Å². The summed E-state index contributed by atoms with van der Waals surface area (Å²) in [7, 11) is 0. The highest BCUT2D eigenvalue weighted by Gasteiger charge is 2.33. The van der Waals surface area contributed by atoms with Crippen LogP contribution in [0.4, 0.5) is 13.2 Å². The summed E-state index contributed by atoms with van der Waals surface area (Å²) in [6.07, 6.45) is -4.12. The quantitative estimate of drug-likeness (QED) is 0.779. The first kappa shape index (κ1) is 15.5. The molecule has 2 heterocycles. The molecule has 0 unspecified atom stereocenters. The van der Waals surface area contributed by atoms with Crippen molar-refractivity contribution in [2.24, 2.45) is 0 Å². The van der Waals surface area contributed by atoms with Crippen molar-refractivity contribution in [3.8, 4) is 5.69 Å². The summed E-state index contributed by atoms with van der Waals surface area (Å²) in [5.41, 5.74) is -2.53. The van der Waals surface area contributed by atoms with E-state index < -0.39 is 23.1 Å². The highest BCUT2D eigenvalue weighted by atomic mass is 32.1. The first-order valence-electron chi connectivity index (χ1n) is 6.63. The lowest BCUT2D eigenvalue weighted by atomic mass is 10.1. The van der Waals surface area contributed by atoms with Gasteiger partial charge in [0, 0.05) is 11.5 Å². The number of nitrogens with zero attached hydrogens (tertiary/aromatic N) is 2. The van der Waals surface area contributed by atoms with Crippen molar-refractivity contribution in [2.75, 3.05) is 0 Å². The van der Waals surface area contributed by atoms with Gasteiger partial charge in [-0.25, -0.2) is 9.36 Å². The van der Waals surface area contributed by atoms with Crippen LogP contribution in [0.15, 0.2) is 33.9 Å². The van der Waals surface area contributed by atoms with Gasteiger partial charge in [0.05, 0.1) is 16.1 Å². The van der Waals surface area contributed by atoms with Crippen LogP contribution in [0.2, 0.25) is 0 Å². The Balaban J connectivity index is 2.23. The van der Waals surface area contributed by atoms with Crippen LogP contribution in [-0.2, 0) is 12.6 Å². The zero-order valence-electron chi connectivity index (χ0n) is 11.8. The lowest BCUT2D eigenvalue weighted by Crippen LogP contribution is -2.35. The maximum absolute atomic E-state index is 12.6. The molecule has 0 saturated carbocycles. The molecule has 5 nitrogen and oxygen atoms in total. The first-order chi connectivity index (χ1) is 10.8. The monoisotopic (exact) mass is 341 g/mol. The Kier molecular flexibility index (Phi) is 3.59. The van der Waals surface area contributed by atoms with Crippen molar-refractivity contribution in [3.05, 3.63) is 56.5 Å². The second-order valence-electron chi connectivity index (χ2n) is 4.82. The van der Waals surface area contributed by atoms with Gasteiger partial charge in [0.25, 0.3) is 5.56 Å². The van der Waals surface area contributed by atoms with Crippen molar-refractivity contribution < 1.29 is 13.2 Å². The first-order valence-corrected chi connectivity index (χ1v) is 7.41. The van der Waals surface area contributed by atoms with E-state index in [1.54, 1.807) is 17.1 Å². The number of nitrogens with one attached hydrogen (secondary N) is 1. The molecule has 0 aliphatic heterocycles. The van der Waals surface area contributed by atoms with Crippen LogP contribution >= 0.6 is 11.5 Å². The third kappa shape index (κ3) is 2.67. The smallest absolute Gasteiger partial charge is 0.303 e. The van der Waals surface area contributed by atoms with Gasteiger partial charge in [-0.05, 0) is 36.2 Å². The topological polar surface area (TPSA) is 67.8 Å². The number of halogens is 3. The third-order valence-corrected chi connectivity index (χ3v) is 4.22. The summed E-state index contributed by atoms with van der Waals surface area (Å²) in [6.45, 7) is 1.91. The summed E-state index contributed by atoms with van der Waals surface area (Å²) < 4.78 is 43.7. The van der Waals surface area contributed by atoms with Gasteiger partial charge in [-0.2, -0.15) is 17.5 Å². The SMILES string of the molecule is CCc1nsc2ccc(-n3c(=O)cc(C(F)(F)F)[nH]c3=O)cc12. The van der Waals surface area contributed by atoms with Gasteiger partial charge in [-0.15, -0.1) is 0 Å². The maximum Gasteiger partial charge on any atom is 0.431 e. The molecular weight excluding hydrogens is 331 g/mol. The fourth-order valence-corrected chi connectivity index (χ4v) is 3.10. The highest BCUT2D eigenvalue weighted by molar-refractivity contribution is 7.13. The van der Waals surface area contributed by atoms with Gasteiger partial charge >= 0.3 is 11.9 Å². The average molecular weight is 341 g/mol. The molecule has 0 amide bonds. The Bertz CT molecular complexity index is 970. The Hall–Kier alpha value is -2.42. The maximum atomic E-state index is 12.6. The molecule has 0 fully saturated rings. The average Bonchev–Trinajstić information content (AvgIpc) is 2.88. The number of aryl methyl sites for hydroxylation is 1. The van der Waals surface area contributed by atoms with Crippen LogP contribution in [0.25, 0.3) is 15.8 Å². The molecule has 0 saturated heterocycles. The molecular formula is C14H10F3N3O2S. The minimum atomic E-state index is -4.78. The molecule has 1 N–H and O–H groups in total. The Morgan fingerprint density at radius 1 is 1.26 bits per heavy atom. The standard InChI is InChI=1S/C14H10F3N3O2S/c1-2-9-8-5-7(3-4-10(8)23-19-9)20-12(21)6-11(14(15,16)17)18-13(20)22/h3-6H,2H2,1H3,(H,18,22). The summed E-state index contributed by atoms with van der Waals surface area (Å²) in [5, 5.41) is 0.779. The molecule has 0 bridgehead atoms. The molecule has 120 valence electrons. The van der Waals surface area contributed by atoms with E-state index in [2.05, 4.69) is 4.37 Å². The molecule has 0 radical (unpaired) electrons. The van der Waals surface area contributed by atoms with Gasteiger partial charge in [0.1, 0.15) is 5.69 Å². The number of aromatic nitrogens is 3. The molecule has 1 aromatic carbocycles. The largest absolute Gasteiger partial charge is 0.431 e. The van der Waals surface area contributed by atoms with E-state index >= 15 is 0 Å². The van der Waals surface area contributed by atoms with E-state index in [4.69, 9.17) is 0 Å². The molecule has 0 spiro atoms. The zero-order valence-corrected chi connectivity index (χ0v) is 12.6. The number of H-pyrrole nitrogens is 1. The Morgan fingerprint density at radius 3 is 2.61 bits per heavy atom. The van der Waals surface area contributed by atoms with E-state index in [1.165, 1.54) is 17.6 Å².